The fourth-order valence-corrected chi connectivity index (χ4v) is 7.75. The fraction of sp³-hybridized carbons (Fsp3) is 0.844. The quantitative estimate of drug-likeness (QED) is 0.0201. The lowest BCUT2D eigenvalue weighted by atomic mass is 9.98. The van der Waals surface area contributed by atoms with E-state index in [1.165, 1.54) is 0 Å². The summed E-state index contributed by atoms with van der Waals surface area (Å²) >= 11 is 0. The van der Waals surface area contributed by atoms with Gasteiger partial charge in [-0.15, -0.1) is 0 Å². The normalized spacial score (nSPS) is 39.4. The van der Waals surface area contributed by atoms with Gasteiger partial charge in [0.25, 0.3) is 0 Å². The van der Waals surface area contributed by atoms with Gasteiger partial charge in [-0.3, -0.25) is 4.79 Å². The summed E-state index contributed by atoms with van der Waals surface area (Å²) in [7, 11) is 0. The van der Waals surface area contributed by atoms with Crippen LogP contribution in [0.25, 0.3) is 0 Å². The number of carbonyl (C=O) groups is 1. The minimum Gasteiger partial charge on any atom is -0.463 e. The summed E-state index contributed by atoms with van der Waals surface area (Å²) in [6, 6.07) is 0. The minimum atomic E-state index is -1.93. The molecule has 4 aliphatic heterocycles. The number of allylic oxidation sites excluding steroid dienone is 6. The van der Waals surface area contributed by atoms with Gasteiger partial charge in [-0.05, 0) is 38.5 Å². The smallest absolute Gasteiger partial charge is 0.305 e. The van der Waals surface area contributed by atoms with Gasteiger partial charge in [-0.1, -0.05) is 62.6 Å². The standard InChI is InChI=1S/C45H76O24/c1-2-3-4-5-6-7-8-9-10-11-12-13-14-15-16-17-29(48)61-19-24(47)20-62-42-39(58)35(54)31(50)26(67-42)22-64-44-41(60)37(56)33(52)28(69-44)23-65-45-40(59)36(55)32(51)27(68-45)21-63-43-38(57)34(53)30(49)25(18-46)66-43/h3-4,6-7,9-10,24-28,30-47,49-60H,2,5,8,11-23H2,1H3/b4-3-,7-6-,10-9+/t24?,25-,26-,27-,28-,30+,31+,32+,33+,34+,35+,36+,37+,38-,39-,40-,41-,42-,43-,44-,45-/m1/s1. The summed E-state index contributed by atoms with van der Waals surface area (Å²) in [5, 5.41) is 145. The van der Waals surface area contributed by atoms with E-state index >= 15 is 0 Å². The first-order valence-electron chi connectivity index (χ1n) is 23.6. The summed E-state index contributed by atoms with van der Waals surface area (Å²) in [4.78, 5) is 12.2. The first-order chi connectivity index (χ1) is 33.0. The third kappa shape index (κ3) is 18.1. The Morgan fingerprint density at radius 3 is 1.29 bits per heavy atom. The molecule has 1 unspecified atom stereocenters. The Morgan fingerprint density at radius 1 is 0.464 bits per heavy atom. The van der Waals surface area contributed by atoms with Crippen LogP contribution < -0.4 is 0 Å². The number of hydrogen-bond donors (Lipinski definition) is 14. The van der Waals surface area contributed by atoms with Gasteiger partial charge in [0.1, 0.15) is 110 Å². The molecule has 4 aliphatic rings. The van der Waals surface area contributed by atoms with Crippen molar-refractivity contribution in [1.82, 2.24) is 0 Å². The lowest BCUT2D eigenvalue weighted by molar-refractivity contribution is -0.348. The van der Waals surface area contributed by atoms with Crippen LogP contribution >= 0.6 is 0 Å². The Morgan fingerprint density at radius 2 is 0.841 bits per heavy atom. The summed E-state index contributed by atoms with van der Waals surface area (Å²) in [5.41, 5.74) is 0. The van der Waals surface area contributed by atoms with Gasteiger partial charge < -0.3 is 114 Å². The lowest BCUT2D eigenvalue weighted by Crippen LogP contribution is -2.63. The number of ether oxygens (including phenoxy) is 9. The van der Waals surface area contributed by atoms with Gasteiger partial charge in [0.05, 0.1) is 33.0 Å². The third-order valence-corrected chi connectivity index (χ3v) is 12.0. The van der Waals surface area contributed by atoms with Crippen LogP contribution in [-0.4, -0.2) is 246 Å². The second kappa shape index (κ2) is 30.8. The largest absolute Gasteiger partial charge is 0.463 e. The van der Waals surface area contributed by atoms with E-state index in [4.69, 9.17) is 42.6 Å². The van der Waals surface area contributed by atoms with Crippen molar-refractivity contribution in [3.63, 3.8) is 0 Å². The molecule has 4 fully saturated rings. The molecule has 4 saturated heterocycles. The van der Waals surface area contributed by atoms with E-state index in [1.807, 2.05) is 0 Å². The van der Waals surface area contributed by atoms with Crippen LogP contribution in [0.4, 0.5) is 0 Å². The number of esters is 1. The molecule has 400 valence electrons. The molecule has 0 saturated carbocycles. The predicted molar refractivity (Wildman–Crippen MR) is 234 cm³/mol. The van der Waals surface area contributed by atoms with E-state index in [-0.39, 0.29) is 6.42 Å². The summed E-state index contributed by atoms with van der Waals surface area (Å²) < 4.78 is 49.1. The topological polar surface area (TPSA) is 383 Å². The highest BCUT2D eigenvalue weighted by Crippen LogP contribution is 2.29. The highest BCUT2D eigenvalue weighted by Gasteiger charge is 2.50. The van der Waals surface area contributed by atoms with Gasteiger partial charge >= 0.3 is 5.97 Å². The van der Waals surface area contributed by atoms with E-state index < -0.39 is 175 Å². The molecule has 4 rings (SSSR count). The van der Waals surface area contributed by atoms with Crippen LogP contribution in [0.3, 0.4) is 0 Å². The molecule has 0 amide bonds. The van der Waals surface area contributed by atoms with Crippen LogP contribution in [0.1, 0.15) is 71.1 Å². The van der Waals surface area contributed by atoms with E-state index in [2.05, 4.69) is 43.4 Å². The Labute approximate surface area is 400 Å². The Hall–Kier alpha value is -2.19. The maximum Gasteiger partial charge on any atom is 0.305 e. The molecular weight excluding hydrogens is 924 g/mol. The number of hydrogen-bond acceptors (Lipinski definition) is 24. The molecule has 0 bridgehead atoms. The Bertz CT molecular complexity index is 1520. The van der Waals surface area contributed by atoms with E-state index in [1.54, 1.807) is 0 Å². The molecule has 4 heterocycles. The minimum absolute atomic E-state index is 0.162. The zero-order chi connectivity index (χ0) is 50.6. The maximum absolute atomic E-state index is 12.2. The molecule has 0 aliphatic carbocycles. The van der Waals surface area contributed by atoms with Gasteiger partial charge in [0, 0.05) is 6.42 Å². The number of unbranched alkanes of at least 4 members (excludes halogenated alkanes) is 5. The van der Waals surface area contributed by atoms with E-state index in [9.17, 15) is 76.3 Å². The molecular formula is C45H76O24. The highest BCUT2D eigenvalue weighted by atomic mass is 16.8. The third-order valence-electron chi connectivity index (χ3n) is 12.0. The summed E-state index contributed by atoms with van der Waals surface area (Å²) in [6.45, 7) is -1.65. The number of aliphatic hydroxyl groups excluding tert-OH is 14. The number of aliphatic hydroxyl groups is 14. The fourth-order valence-electron chi connectivity index (χ4n) is 7.75. The second-order valence-corrected chi connectivity index (χ2v) is 17.5. The Balaban J connectivity index is 1.16. The summed E-state index contributed by atoms with van der Waals surface area (Å²) in [5.74, 6) is -0.510. The molecule has 0 aromatic heterocycles. The van der Waals surface area contributed by atoms with Crippen molar-refractivity contribution in [3.05, 3.63) is 36.5 Å². The lowest BCUT2D eigenvalue weighted by Gasteiger charge is -2.44. The predicted octanol–water partition coefficient (Wildman–Crippen LogP) is -4.23. The van der Waals surface area contributed by atoms with Crippen LogP contribution in [0.2, 0.25) is 0 Å². The second-order valence-electron chi connectivity index (χ2n) is 17.5. The van der Waals surface area contributed by atoms with Crippen LogP contribution in [0, 0.1) is 0 Å². The Kier molecular flexibility index (Phi) is 26.5. The zero-order valence-electron chi connectivity index (χ0n) is 38.7. The van der Waals surface area contributed by atoms with Gasteiger partial charge in [0.15, 0.2) is 25.2 Å². The average molecular weight is 1000 g/mol. The molecule has 0 spiro atoms. The van der Waals surface area contributed by atoms with Gasteiger partial charge in [-0.25, -0.2) is 0 Å². The monoisotopic (exact) mass is 1000 g/mol. The number of carbonyl (C=O) groups excluding carboxylic acids is 1. The van der Waals surface area contributed by atoms with Crippen molar-refractivity contribution in [1.29, 1.82) is 0 Å². The van der Waals surface area contributed by atoms with Crippen molar-refractivity contribution in [3.8, 4) is 0 Å². The average Bonchev–Trinajstić information content (AvgIpc) is 3.34. The van der Waals surface area contributed by atoms with Crippen LogP contribution in [0.15, 0.2) is 36.5 Å². The van der Waals surface area contributed by atoms with E-state index in [0.29, 0.717) is 6.42 Å². The van der Waals surface area contributed by atoms with Gasteiger partial charge in [-0.2, -0.15) is 0 Å². The molecule has 0 aromatic carbocycles. The number of rotatable bonds is 28. The van der Waals surface area contributed by atoms with Crippen molar-refractivity contribution < 1.29 is 119 Å². The summed E-state index contributed by atoms with van der Waals surface area (Å²) in [6.07, 6.45) is -14.5. The molecule has 0 radical (unpaired) electrons. The van der Waals surface area contributed by atoms with Gasteiger partial charge in [0.2, 0.25) is 0 Å². The first kappa shape index (κ1) is 59.4. The van der Waals surface area contributed by atoms with Crippen molar-refractivity contribution in [2.24, 2.45) is 0 Å². The molecule has 24 heteroatoms. The molecule has 21 atom stereocenters. The molecule has 14 N–H and O–H groups in total. The first-order valence-corrected chi connectivity index (χ1v) is 23.6. The van der Waals surface area contributed by atoms with Crippen LogP contribution in [-0.2, 0) is 47.4 Å². The van der Waals surface area contributed by atoms with Crippen molar-refractivity contribution in [2.45, 2.75) is 200 Å². The zero-order valence-corrected chi connectivity index (χ0v) is 38.7. The highest BCUT2D eigenvalue weighted by molar-refractivity contribution is 5.69. The van der Waals surface area contributed by atoms with Crippen molar-refractivity contribution >= 4 is 5.97 Å². The molecule has 24 nitrogen and oxygen atoms in total. The molecule has 0 aromatic rings. The van der Waals surface area contributed by atoms with Crippen LogP contribution in [0.5, 0.6) is 0 Å². The SMILES string of the molecule is CC/C=C\C/C=C\C/C=C/CCCCCCCC(=O)OCC(O)CO[C@@H]1O[C@H](CO[C@@H]2O[C@H](CO[C@@H]3O[C@H](CO[C@@H]4O[C@H](CO)[C@H](O)[C@H](O)[C@H]4O)[C@H](O)[C@H](O)[C@H]3O)[C@H](O)[C@H](O)[C@H]2O)[C@H](O)[C@H](O)[C@H]1O. The molecule has 69 heavy (non-hydrogen) atoms. The van der Waals surface area contributed by atoms with E-state index in [0.717, 1.165) is 51.4 Å². The maximum atomic E-state index is 12.2. The van der Waals surface area contributed by atoms with Crippen molar-refractivity contribution in [2.75, 3.05) is 39.6 Å².